The monoisotopic (exact) mass is 695 g/mol. The van der Waals surface area contributed by atoms with Crippen molar-refractivity contribution in [2.24, 2.45) is 0 Å². The Hall–Kier alpha value is -5.44. The van der Waals surface area contributed by atoms with Gasteiger partial charge in [0.15, 0.2) is 23.1 Å². The maximum absolute atomic E-state index is 15.3. The van der Waals surface area contributed by atoms with Gasteiger partial charge in [0.25, 0.3) is 0 Å². The number of nitrogens with one attached hydrogen (secondary N) is 1. The van der Waals surface area contributed by atoms with Gasteiger partial charge in [0.2, 0.25) is 5.75 Å². The summed E-state index contributed by atoms with van der Waals surface area (Å²) in [6, 6.07) is 12.1. The van der Waals surface area contributed by atoms with E-state index < -0.39 is 36.2 Å². The van der Waals surface area contributed by atoms with Crippen molar-refractivity contribution in [3.8, 4) is 23.0 Å². The number of hydrogen-bond donors (Lipinski definition) is 1. The van der Waals surface area contributed by atoms with E-state index in [4.69, 9.17) is 33.2 Å². The van der Waals surface area contributed by atoms with Crippen molar-refractivity contribution in [2.75, 3.05) is 34.5 Å². The number of carbonyl (C=O) groups is 3. The van der Waals surface area contributed by atoms with Crippen LogP contribution in [0, 0.1) is 5.82 Å². The van der Waals surface area contributed by atoms with E-state index in [1.54, 1.807) is 37.3 Å². The minimum Gasteiger partial charge on any atom is -0.494 e. The summed E-state index contributed by atoms with van der Waals surface area (Å²) in [5.41, 5.74) is 2.14. The van der Waals surface area contributed by atoms with Gasteiger partial charge in [-0.3, -0.25) is 4.79 Å². The highest BCUT2D eigenvalue weighted by Crippen LogP contribution is 2.49. The molecule has 1 aliphatic rings. The van der Waals surface area contributed by atoms with Gasteiger partial charge in [0, 0.05) is 17.6 Å². The molecule has 4 aromatic rings. The summed E-state index contributed by atoms with van der Waals surface area (Å²) in [6.45, 7) is 4.87. The molecule has 0 fully saturated rings. The number of carbonyl (C=O) groups excluding carboxylic acids is 3. The highest BCUT2D eigenvalue weighted by Gasteiger charge is 2.53. The zero-order valence-electron chi connectivity index (χ0n) is 27.6. The Bertz CT molecular complexity index is 1900. The topological polar surface area (TPSA) is 154 Å². The molecule has 1 amide bonds. The summed E-state index contributed by atoms with van der Waals surface area (Å²) in [6.07, 6.45) is -1.47. The lowest BCUT2D eigenvalue weighted by Gasteiger charge is -2.31. The first-order chi connectivity index (χ1) is 23.5. The van der Waals surface area contributed by atoms with Crippen LogP contribution in [-0.2, 0) is 36.0 Å². The normalized spacial score (nSPS) is 15.6. The molecule has 0 spiro atoms. The van der Waals surface area contributed by atoms with Gasteiger partial charge in [0.1, 0.15) is 17.6 Å². The molecule has 3 aromatic carbocycles. The molecule has 49 heavy (non-hydrogen) atoms. The lowest BCUT2D eigenvalue weighted by Crippen LogP contribution is -2.41. The van der Waals surface area contributed by atoms with Crippen LogP contribution >= 0.6 is 11.7 Å². The van der Waals surface area contributed by atoms with E-state index in [1.165, 1.54) is 33.5 Å². The number of alkyl carbamates (subject to hydrolysis) is 1. The van der Waals surface area contributed by atoms with E-state index in [-0.39, 0.29) is 41.6 Å². The van der Waals surface area contributed by atoms with Crippen LogP contribution in [0.1, 0.15) is 37.5 Å². The van der Waals surface area contributed by atoms with Gasteiger partial charge in [-0.15, -0.1) is 0 Å². The molecule has 0 saturated carbocycles. The molecule has 258 valence electrons. The Kier molecular flexibility index (Phi) is 10.5. The molecule has 1 atom stereocenters. The Morgan fingerprint density at radius 3 is 2.29 bits per heavy atom. The first-order valence-electron chi connectivity index (χ1n) is 15.1. The molecule has 1 unspecified atom stereocenters. The summed E-state index contributed by atoms with van der Waals surface area (Å²) in [5.74, 6) is -3.82. The van der Waals surface area contributed by atoms with Gasteiger partial charge < -0.3 is 38.5 Å². The number of rotatable bonds is 13. The van der Waals surface area contributed by atoms with Gasteiger partial charge >= 0.3 is 23.8 Å². The maximum Gasteiger partial charge on any atom is 0.411 e. The fourth-order valence-corrected chi connectivity index (χ4v) is 5.84. The van der Waals surface area contributed by atoms with Crippen LogP contribution < -0.4 is 24.3 Å². The minimum absolute atomic E-state index is 0.0322. The van der Waals surface area contributed by atoms with Crippen molar-refractivity contribution in [2.45, 2.75) is 39.1 Å². The average Bonchev–Trinajstić information content (AvgIpc) is 3.65. The minimum atomic E-state index is -2.33. The molecule has 0 aliphatic carbocycles. The third-order valence-electron chi connectivity index (χ3n) is 7.39. The van der Waals surface area contributed by atoms with Crippen molar-refractivity contribution in [1.29, 1.82) is 0 Å². The second-order valence-electron chi connectivity index (χ2n) is 10.9. The summed E-state index contributed by atoms with van der Waals surface area (Å²) >= 11 is 1.00. The van der Waals surface area contributed by atoms with E-state index in [9.17, 15) is 14.4 Å². The third-order valence-corrected chi connectivity index (χ3v) is 7.94. The van der Waals surface area contributed by atoms with Crippen LogP contribution in [0.4, 0.5) is 9.18 Å². The second kappa shape index (κ2) is 14.8. The number of esters is 2. The number of aromatic nitrogens is 2. The van der Waals surface area contributed by atoms with Crippen LogP contribution in [0.15, 0.2) is 54.1 Å². The van der Waals surface area contributed by atoms with Crippen molar-refractivity contribution >= 4 is 46.4 Å². The van der Waals surface area contributed by atoms with Gasteiger partial charge in [-0.25, -0.2) is 14.0 Å². The van der Waals surface area contributed by atoms with Crippen LogP contribution in [0.2, 0.25) is 0 Å². The Balaban J connectivity index is 1.74. The SMILES string of the molecule is CCOC(=O)CNC(=O)OC1(c2ccc(OC)c(F)c2)OC(=O)C(c2ccc3nsnc3c2)=C1Cc1cc(OC)c(OC(C)C)c(OC)c1. The predicted octanol–water partition coefficient (Wildman–Crippen LogP) is 5.34. The molecule has 1 aromatic heterocycles. The van der Waals surface area contributed by atoms with Crippen molar-refractivity contribution in [1.82, 2.24) is 14.1 Å². The van der Waals surface area contributed by atoms with Crippen molar-refractivity contribution < 1.29 is 51.9 Å². The Morgan fingerprint density at radius 1 is 0.959 bits per heavy atom. The fourth-order valence-electron chi connectivity index (χ4n) is 5.33. The van der Waals surface area contributed by atoms with E-state index in [0.717, 1.165) is 17.8 Å². The van der Waals surface area contributed by atoms with Gasteiger partial charge in [-0.2, -0.15) is 8.75 Å². The zero-order chi connectivity index (χ0) is 35.3. The number of halogens is 1. The van der Waals surface area contributed by atoms with Crippen LogP contribution in [0.25, 0.3) is 16.6 Å². The smallest absolute Gasteiger partial charge is 0.411 e. The van der Waals surface area contributed by atoms with Crippen molar-refractivity contribution in [3.63, 3.8) is 0 Å². The quantitative estimate of drug-likeness (QED) is 0.180. The molecule has 2 heterocycles. The van der Waals surface area contributed by atoms with Gasteiger partial charge in [-0.1, -0.05) is 6.07 Å². The number of cyclic esters (lactones) is 1. The van der Waals surface area contributed by atoms with Crippen LogP contribution in [0.5, 0.6) is 23.0 Å². The highest BCUT2D eigenvalue weighted by molar-refractivity contribution is 7.00. The lowest BCUT2D eigenvalue weighted by molar-refractivity contribution is -0.185. The standard InChI is InChI=1S/C34H34FN3O10S/c1-7-45-29(39)17-36-33(41)48-34(21-9-11-26(42-4)23(35)16-21)22(12-19-13-27(43-5)31(46-18(2)3)28(14-19)44-6)30(32(40)47-34)20-8-10-24-25(15-20)38-49-37-24/h8-11,13-16,18H,7,12,17H2,1-6H3,(H,36,41). The number of amides is 1. The lowest BCUT2D eigenvalue weighted by atomic mass is 9.87. The Morgan fingerprint density at radius 2 is 1.65 bits per heavy atom. The summed E-state index contributed by atoms with van der Waals surface area (Å²) in [7, 11) is 4.23. The van der Waals surface area contributed by atoms with Gasteiger partial charge in [-0.05, 0) is 74.4 Å². The number of nitrogens with zero attached hydrogens (tertiary/aromatic N) is 2. The van der Waals surface area contributed by atoms with Crippen molar-refractivity contribution in [3.05, 3.63) is 76.6 Å². The second-order valence-corrected chi connectivity index (χ2v) is 11.4. The maximum atomic E-state index is 15.3. The molecule has 1 N–H and O–H groups in total. The number of benzene rings is 3. The first-order valence-corrected chi connectivity index (χ1v) is 15.8. The predicted molar refractivity (Wildman–Crippen MR) is 175 cm³/mol. The molecular weight excluding hydrogens is 661 g/mol. The molecular formula is C34H34FN3O10S. The number of methoxy groups -OCH3 is 3. The summed E-state index contributed by atoms with van der Waals surface area (Å²) < 4.78 is 63.1. The van der Waals surface area contributed by atoms with E-state index in [2.05, 4.69) is 14.1 Å². The molecule has 13 nitrogen and oxygen atoms in total. The summed E-state index contributed by atoms with van der Waals surface area (Å²) in [5, 5.41) is 2.32. The highest BCUT2D eigenvalue weighted by atomic mass is 32.1. The van der Waals surface area contributed by atoms with E-state index >= 15 is 4.39 Å². The number of ether oxygens (including phenoxy) is 7. The molecule has 0 saturated heterocycles. The molecule has 15 heteroatoms. The third kappa shape index (κ3) is 7.21. The number of fused-ring (bicyclic) bond motifs is 1. The number of hydrogen-bond acceptors (Lipinski definition) is 13. The largest absolute Gasteiger partial charge is 0.494 e. The molecule has 0 bridgehead atoms. The summed E-state index contributed by atoms with van der Waals surface area (Å²) in [4.78, 5) is 39.4. The van der Waals surface area contributed by atoms with E-state index in [0.29, 0.717) is 39.4 Å². The van der Waals surface area contributed by atoms with Gasteiger partial charge in [0.05, 0.1) is 51.3 Å². The zero-order valence-corrected chi connectivity index (χ0v) is 28.4. The molecule has 0 radical (unpaired) electrons. The molecule has 1 aliphatic heterocycles. The fraction of sp³-hybridized carbons (Fsp3) is 0.324. The Labute approximate surface area is 285 Å². The van der Waals surface area contributed by atoms with E-state index in [1.807, 2.05) is 13.8 Å². The average molecular weight is 696 g/mol. The molecule has 5 rings (SSSR count). The van der Waals surface area contributed by atoms with Crippen LogP contribution in [0.3, 0.4) is 0 Å². The van der Waals surface area contributed by atoms with Crippen LogP contribution in [-0.4, -0.2) is 67.4 Å². The first kappa shape index (κ1) is 34.9.